The maximum Gasteiger partial charge on any atom is 0.246 e. The van der Waals surface area contributed by atoms with Gasteiger partial charge < -0.3 is 14.5 Å². The first-order valence-corrected chi connectivity index (χ1v) is 9.37. The van der Waals surface area contributed by atoms with Crippen LogP contribution in [-0.4, -0.2) is 62.5 Å². The molecule has 0 radical (unpaired) electrons. The van der Waals surface area contributed by atoms with Crippen molar-refractivity contribution in [1.29, 1.82) is 0 Å². The fourth-order valence-electron chi connectivity index (χ4n) is 3.64. The molecule has 148 valence electrons. The molecule has 2 aromatic carbocycles. The Morgan fingerprint density at radius 2 is 1.86 bits per heavy atom. The van der Waals surface area contributed by atoms with Crippen LogP contribution < -0.4 is 9.64 Å². The van der Waals surface area contributed by atoms with Gasteiger partial charge in [0.05, 0.1) is 12.8 Å². The molecule has 0 N–H and O–H groups in total. The van der Waals surface area contributed by atoms with Crippen LogP contribution in [0.25, 0.3) is 0 Å². The highest BCUT2D eigenvalue weighted by Crippen LogP contribution is 2.30. The monoisotopic (exact) mass is 381 g/mol. The molecule has 0 bridgehead atoms. The van der Waals surface area contributed by atoms with Gasteiger partial charge in [0.25, 0.3) is 0 Å². The third-order valence-electron chi connectivity index (χ3n) is 5.02. The van der Waals surface area contributed by atoms with E-state index in [2.05, 4.69) is 0 Å². The van der Waals surface area contributed by atoms with Crippen molar-refractivity contribution in [2.45, 2.75) is 13.0 Å². The summed E-state index contributed by atoms with van der Waals surface area (Å²) in [4.78, 5) is 31.3. The van der Waals surface area contributed by atoms with Gasteiger partial charge in [-0.3, -0.25) is 14.5 Å². The van der Waals surface area contributed by atoms with Gasteiger partial charge in [0.1, 0.15) is 18.3 Å². The molecule has 1 atom stereocenters. The molecule has 0 spiro atoms. The van der Waals surface area contributed by atoms with E-state index in [0.29, 0.717) is 18.8 Å². The lowest BCUT2D eigenvalue weighted by Gasteiger charge is -2.37. The van der Waals surface area contributed by atoms with Crippen molar-refractivity contribution in [3.8, 4) is 5.75 Å². The number of rotatable bonds is 5. The number of carbonyl (C=O) groups excluding carboxylic acids is 2. The van der Waals surface area contributed by atoms with Crippen LogP contribution in [0.4, 0.5) is 5.69 Å². The average Bonchev–Trinajstić information content (AvgIpc) is 2.67. The van der Waals surface area contributed by atoms with Crippen LogP contribution in [0.5, 0.6) is 5.75 Å². The highest BCUT2D eigenvalue weighted by atomic mass is 16.5. The number of methoxy groups -OCH3 is 1. The van der Waals surface area contributed by atoms with Gasteiger partial charge in [0.15, 0.2) is 0 Å². The lowest BCUT2D eigenvalue weighted by atomic mass is 10.0. The Kier molecular flexibility index (Phi) is 5.99. The molecule has 6 nitrogen and oxygen atoms in total. The number of piperazine rings is 1. The van der Waals surface area contributed by atoms with Crippen molar-refractivity contribution in [2.75, 3.05) is 45.7 Å². The number of likely N-dealkylation sites (N-methyl/N-ethyl adjacent to an activating group) is 1. The molecule has 28 heavy (non-hydrogen) atoms. The number of benzene rings is 2. The number of hydrogen-bond donors (Lipinski definition) is 0. The van der Waals surface area contributed by atoms with E-state index < -0.39 is 6.04 Å². The lowest BCUT2D eigenvalue weighted by Crippen LogP contribution is -2.54. The first-order chi connectivity index (χ1) is 13.4. The number of para-hydroxylation sites is 2. The Labute approximate surface area is 166 Å². The largest absolute Gasteiger partial charge is 0.495 e. The number of ether oxygens (including phenoxy) is 1. The maximum atomic E-state index is 13.3. The normalized spacial score (nSPS) is 15.7. The van der Waals surface area contributed by atoms with Crippen LogP contribution in [0, 0.1) is 6.92 Å². The number of amides is 2. The fraction of sp³-hybridized carbons (Fsp3) is 0.364. The molecule has 1 aliphatic rings. The summed E-state index contributed by atoms with van der Waals surface area (Å²) in [6.07, 6.45) is 0. The zero-order valence-corrected chi connectivity index (χ0v) is 16.9. The van der Waals surface area contributed by atoms with Crippen molar-refractivity contribution >= 4 is 17.5 Å². The van der Waals surface area contributed by atoms with E-state index in [-0.39, 0.29) is 18.4 Å². The van der Waals surface area contributed by atoms with Crippen LogP contribution in [0.1, 0.15) is 17.2 Å². The minimum Gasteiger partial charge on any atom is -0.495 e. The Bertz CT molecular complexity index is 866. The molecule has 1 fully saturated rings. The van der Waals surface area contributed by atoms with E-state index in [9.17, 15) is 9.59 Å². The second-order valence-electron chi connectivity index (χ2n) is 7.26. The van der Waals surface area contributed by atoms with Gasteiger partial charge in [-0.2, -0.15) is 0 Å². The minimum atomic E-state index is -0.412. The number of hydrogen-bond acceptors (Lipinski definition) is 4. The molecule has 1 saturated heterocycles. The number of aryl methyl sites for hydroxylation is 1. The predicted octanol–water partition coefficient (Wildman–Crippen LogP) is 2.48. The van der Waals surface area contributed by atoms with Crippen LogP contribution in [-0.2, 0) is 9.59 Å². The summed E-state index contributed by atoms with van der Waals surface area (Å²) in [5.74, 6) is 0.496. The fourth-order valence-corrected chi connectivity index (χ4v) is 3.64. The van der Waals surface area contributed by atoms with Crippen LogP contribution in [0.3, 0.4) is 0 Å². The van der Waals surface area contributed by atoms with E-state index in [0.717, 1.165) is 16.8 Å². The summed E-state index contributed by atoms with van der Waals surface area (Å²) in [5, 5.41) is 0. The van der Waals surface area contributed by atoms with Crippen molar-refractivity contribution < 1.29 is 14.3 Å². The van der Waals surface area contributed by atoms with Gasteiger partial charge in [-0.05, 0) is 38.7 Å². The zero-order chi connectivity index (χ0) is 20.3. The van der Waals surface area contributed by atoms with E-state index in [1.54, 1.807) is 16.9 Å². The molecule has 0 aliphatic carbocycles. The molecule has 1 heterocycles. The maximum absolute atomic E-state index is 13.3. The molecule has 0 unspecified atom stereocenters. The van der Waals surface area contributed by atoms with Gasteiger partial charge in [0, 0.05) is 13.1 Å². The first-order valence-electron chi connectivity index (χ1n) is 9.37. The molecule has 2 amide bonds. The van der Waals surface area contributed by atoms with Crippen LogP contribution in [0.2, 0.25) is 0 Å². The molecular formula is C22H27N3O3. The van der Waals surface area contributed by atoms with Crippen molar-refractivity contribution in [3.63, 3.8) is 0 Å². The van der Waals surface area contributed by atoms with E-state index >= 15 is 0 Å². The Morgan fingerprint density at radius 1 is 1.11 bits per heavy atom. The average molecular weight is 381 g/mol. The highest BCUT2D eigenvalue weighted by molar-refractivity contribution is 5.99. The number of carbonyl (C=O) groups is 2. The summed E-state index contributed by atoms with van der Waals surface area (Å²) in [6.45, 7) is 3.00. The van der Waals surface area contributed by atoms with Crippen LogP contribution in [0.15, 0.2) is 48.5 Å². The standard InChI is InChI=1S/C22H27N3O3/c1-16-8-7-9-17(14-16)21(23(2)3)22(27)24-12-13-25(20(26)15-24)18-10-5-6-11-19(18)28-4/h5-11,14,21H,12-13,15H2,1-4H3/t21-/m0/s1. The first kappa shape index (κ1) is 19.9. The molecule has 0 saturated carbocycles. The Morgan fingerprint density at radius 3 is 2.50 bits per heavy atom. The summed E-state index contributed by atoms with van der Waals surface area (Å²) in [5.41, 5.74) is 2.79. The molecule has 6 heteroatoms. The van der Waals surface area contributed by atoms with Gasteiger partial charge in [-0.1, -0.05) is 42.0 Å². The molecular weight excluding hydrogens is 354 g/mol. The Hall–Kier alpha value is -2.86. The molecule has 0 aromatic heterocycles. The highest BCUT2D eigenvalue weighted by Gasteiger charge is 2.34. The molecule has 2 aromatic rings. The summed E-state index contributed by atoms with van der Waals surface area (Å²) in [7, 11) is 5.36. The zero-order valence-electron chi connectivity index (χ0n) is 16.9. The van der Waals surface area contributed by atoms with Gasteiger partial charge in [0.2, 0.25) is 11.8 Å². The smallest absolute Gasteiger partial charge is 0.246 e. The number of nitrogens with zero attached hydrogens (tertiary/aromatic N) is 3. The Balaban J connectivity index is 1.78. The summed E-state index contributed by atoms with van der Waals surface area (Å²) >= 11 is 0. The summed E-state index contributed by atoms with van der Waals surface area (Å²) < 4.78 is 5.38. The second-order valence-corrected chi connectivity index (χ2v) is 7.26. The molecule has 3 rings (SSSR count). The lowest BCUT2D eigenvalue weighted by molar-refractivity contribution is -0.141. The summed E-state index contributed by atoms with van der Waals surface area (Å²) in [6, 6.07) is 15.0. The third kappa shape index (κ3) is 4.02. The second kappa shape index (κ2) is 8.44. The van der Waals surface area contributed by atoms with E-state index in [1.165, 1.54) is 0 Å². The van der Waals surface area contributed by atoms with E-state index in [1.807, 2.05) is 74.4 Å². The van der Waals surface area contributed by atoms with Gasteiger partial charge in [-0.15, -0.1) is 0 Å². The molecule has 1 aliphatic heterocycles. The number of anilines is 1. The predicted molar refractivity (Wildman–Crippen MR) is 110 cm³/mol. The minimum absolute atomic E-state index is 0.0522. The van der Waals surface area contributed by atoms with Gasteiger partial charge >= 0.3 is 0 Å². The third-order valence-corrected chi connectivity index (χ3v) is 5.02. The van der Waals surface area contributed by atoms with Crippen molar-refractivity contribution in [1.82, 2.24) is 9.80 Å². The van der Waals surface area contributed by atoms with Gasteiger partial charge in [-0.25, -0.2) is 0 Å². The van der Waals surface area contributed by atoms with Crippen molar-refractivity contribution in [2.24, 2.45) is 0 Å². The SMILES string of the molecule is COc1ccccc1N1CCN(C(=O)[C@H](c2cccc(C)c2)N(C)C)CC1=O. The van der Waals surface area contributed by atoms with E-state index in [4.69, 9.17) is 4.74 Å². The van der Waals surface area contributed by atoms with Crippen molar-refractivity contribution in [3.05, 3.63) is 59.7 Å². The van der Waals surface area contributed by atoms with Crippen LogP contribution >= 0.6 is 0 Å². The topological polar surface area (TPSA) is 53.1 Å². The quantitative estimate of drug-likeness (QED) is 0.799.